The zero-order valence-electron chi connectivity index (χ0n) is 24.8. The summed E-state index contributed by atoms with van der Waals surface area (Å²) in [5.74, 6) is -2.05. The molecule has 0 aliphatic rings. The number of nitrogens with two attached hydrogens (primary N) is 1. The van der Waals surface area contributed by atoms with Crippen molar-refractivity contribution in [3.63, 3.8) is 0 Å². The molecule has 10 heteroatoms. The van der Waals surface area contributed by atoms with E-state index in [1.807, 2.05) is 27.7 Å². The van der Waals surface area contributed by atoms with E-state index in [0.29, 0.717) is 18.4 Å². The minimum atomic E-state index is -1.82. The van der Waals surface area contributed by atoms with Crippen LogP contribution >= 0.6 is 0 Å². The normalized spacial score (nSPS) is 14.1. The highest BCUT2D eigenvalue weighted by atomic mass is 16.7. The maximum atomic E-state index is 12.5. The van der Waals surface area contributed by atoms with Gasteiger partial charge in [0.15, 0.2) is 11.5 Å². The minimum Gasteiger partial charge on any atom is -0.480 e. The van der Waals surface area contributed by atoms with Crippen LogP contribution in [0.15, 0.2) is 18.2 Å². The molecule has 0 aliphatic carbocycles. The van der Waals surface area contributed by atoms with E-state index in [9.17, 15) is 24.3 Å². The van der Waals surface area contributed by atoms with E-state index in [0.717, 1.165) is 25.7 Å². The molecule has 0 aliphatic heterocycles. The summed E-state index contributed by atoms with van der Waals surface area (Å²) in [4.78, 5) is 49.1. The predicted octanol–water partition coefficient (Wildman–Crippen LogP) is 5.96. The van der Waals surface area contributed by atoms with Crippen LogP contribution in [0.4, 0.5) is 4.79 Å². The molecule has 0 bridgehead atoms. The van der Waals surface area contributed by atoms with Crippen LogP contribution in [0.2, 0.25) is 0 Å². The molecule has 0 amide bonds. The number of aliphatic carboxylic acids is 1. The lowest BCUT2D eigenvalue weighted by atomic mass is 9.86. The highest BCUT2D eigenvalue weighted by Gasteiger charge is 2.37. The molecule has 10 nitrogen and oxygen atoms in total. The summed E-state index contributed by atoms with van der Waals surface area (Å²) >= 11 is 0. The predicted molar refractivity (Wildman–Crippen MR) is 150 cm³/mol. The summed E-state index contributed by atoms with van der Waals surface area (Å²) in [6, 6.07) is 4.49. The van der Waals surface area contributed by atoms with Crippen LogP contribution in [-0.4, -0.2) is 46.9 Å². The zero-order valence-corrected chi connectivity index (χ0v) is 24.8. The Hall–Kier alpha value is -3.14. The second-order valence-electron chi connectivity index (χ2n) is 10.7. The molecular weight excluding hydrogens is 518 g/mol. The first kappa shape index (κ1) is 34.9. The highest BCUT2D eigenvalue weighted by Crippen LogP contribution is 2.32. The quantitative estimate of drug-likeness (QED) is 0.124. The Morgan fingerprint density at radius 2 is 1.40 bits per heavy atom. The lowest BCUT2D eigenvalue weighted by molar-refractivity contribution is -0.145. The highest BCUT2D eigenvalue weighted by molar-refractivity contribution is 5.79. The number of carbonyl (C=O) groups excluding carboxylic acids is 3. The molecule has 0 spiro atoms. The third kappa shape index (κ3) is 12.8. The van der Waals surface area contributed by atoms with Gasteiger partial charge in [-0.25, -0.2) is 4.79 Å². The fourth-order valence-electron chi connectivity index (χ4n) is 3.85. The van der Waals surface area contributed by atoms with Crippen molar-refractivity contribution in [3.8, 4) is 11.5 Å². The molecule has 226 valence electrons. The van der Waals surface area contributed by atoms with E-state index in [1.54, 1.807) is 13.0 Å². The number of ether oxygens (including phenoxy) is 4. The molecule has 1 aromatic carbocycles. The molecule has 1 rings (SSSR count). The van der Waals surface area contributed by atoms with Crippen LogP contribution in [0.25, 0.3) is 0 Å². The standard InChI is InChI=1S/C30H47NO9/c1-7-9-11-13-26(32)39-24-16-15-23(17-25(24)40-27(33)14-12-10-8-2)19-30(31,28(34)35)18-21(5)37-29(36)38-22(6)20(3)4/h15-17,20-22H,7-14,18-19,31H2,1-6H3,(H,34,35)/t21-,22?,30?/m0/s1. The largest absolute Gasteiger partial charge is 0.508 e. The second kappa shape index (κ2) is 17.5. The van der Waals surface area contributed by atoms with E-state index in [-0.39, 0.29) is 49.2 Å². The summed E-state index contributed by atoms with van der Waals surface area (Å²) in [6.45, 7) is 11.1. The Labute approximate surface area is 237 Å². The van der Waals surface area contributed by atoms with Crippen molar-refractivity contribution in [1.82, 2.24) is 0 Å². The third-order valence-electron chi connectivity index (χ3n) is 6.54. The van der Waals surface area contributed by atoms with Crippen LogP contribution in [-0.2, 0) is 30.3 Å². The van der Waals surface area contributed by atoms with Crippen molar-refractivity contribution in [2.24, 2.45) is 11.7 Å². The monoisotopic (exact) mass is 565 g/mol. The Kier molecular flexibility index (Phi) is 15.3. The topological polar surface area (TPSA) is 151 Å². The number of unbranched alkanes of at least 4 members (excludes halogenated alkanes) is 4. The Bertz CT molecular complexity index is 978. The van der Waals surface area contributed by atoms with Gasteiger partial charge in [0, 0.05) is 25.7 Å². The van der Waals surface area contributed by atoms with E-state index < -0.39 is 35.7 Å². The molecule has 3 N–H and O–H groups in total. The Morgan fingerprint density at radius 1 is 0.850 bits per heavy atom. The van der Waals surface area contributed by atoms with E-state index in [2.05, 4.69) is 0 Å². The molecule has 0 heterocycles. The van der Waals surface area contributed by atoms with Crippen LogP contribution in [0, 0.1) is 5.92 Å². The first-order valence-corrected chi connectivity index (χ1v) is 14.2. The minimum absolute atomic E-state index is 0.0196. The average Bonchev–Trinajstić information content (AvgIpc) is 2.85. The first-order chi connectivity index (χ1) is 18.8. The first-order valence-electron chi connectivity index (χ1n) is 14.2. The number of carboxylic acids is 1. The van der Waals surface area contributed by atoms with Gasteiger partial charge in [-0.1, -0.05) is 59.4 Å². The van der Waals surface area contributed by atoms with Crippen molar-refractivity contribution in [1.29, 1.82) is 0 Å². The molecule has 3 atom stereocenters. The van der Waals surface area contributed by atoms with Gasteiger partial charge in [-0.3, -0.25) is 14.4 Å². The molecular formula is C30H47NO9. The summed E-state index contributed by atoms with van der Waals surface area (Å²) in [5, 5.41) is 9.96. The zero-order chi connectivity index (χ0) is 30.3. The molecule has 0 fully saturated rings. The summed E-state index contributed by atoms with van der Waals surface area (Å²) in [7, 11) is 0. The summed E-state index contributed by atoms with van der Waals surface area (Å²) in [6.07, 6.45) is 2.90. The molecule has 0 saturated carbocycles. The van der Waals surface area contributed by atoms with E-state index >= 15 is 0 Å². The second-order valence-corrected chi connectivity index (χ2v) is 10.7. The molecule has 2 unspecified atom stereocenters. The number of rotatable bonds is 18. The lowest BCUT2D eigenvalue weighted by Crippen LogP contribution is -2.52. The van der Waals surface area contributed by atoms with Gasteiger partial charge in [-0.15, -0.1) is 0 Å². The SMILES string of the molecule is CCCCCC(=O)Oc1ccc(CC(N)(C[C@H](C)OC(=O)OC(C)C(C)C)C(=O)O)cc1OC(=O)CCCCC. The Morgan fingerprint density at radius 3 is 1.90 bits per heavy atom. The lowest BCUT2D eigenvalue weighted by Gasteiger charge is -2.28. The van der Waals surface area contributed by atoms with Gasteiger partial charge >= 0.3 is 24.1 Å². The van der Waals surface area contributed by atoms with Crippen molar-refractivity contribution < 1.29 is 43.2 Å². The summed E-state index contributed by atoms with van der Waals surface area (Å²) in [5.41, 5.74) is 4.92. The third-order valence-corrected chi connectivity index (χ3v) is 6.54. The van der Waals surface area contributed by atoms with E-state index in [1.165, 1.54) is 19.1 Å². The fraction of sp³-hybridized carbons (Fsp3) is 0.667. The molecule has 1 aromatic rings. The maximum Gasteiger partial charge on any atom is 0.508 e. The van der Waals surface area contributed by atoms with Crippen LogP contribution in [0.1, 0.15) is 105 Å². The van der Waals surface area contributed by atoms with Crippen LogP contribution in [0.3, 0.4) is 0 Å². The Balaban J connectivity index is 3.10. The maximum absolute atomic E-state index is 12.5. The van der Waals surface area contributed by atoms with Crippen LogP contribution in [0.5, 0.6) is 11.5 Å². The number of benzene rings is 1. The van der Waals surface area contributed by atoms with Crippen molar-refractivity contribution in [2.75, 3.05) is 0 Å². The van der Waals surface area contributed by atoms with Gasteiger partial charge in [0.1, 0.15) is 17.7 Å². The number of esters is 2. The van der Waals surface area contributed by atoms with Crippen molar-refractivity contribution in [2.45, 2.75) is 123 Å². The molecule has 0 saturated heterocycles. The summed E-state index contributed by atoms with van der Waals surface area (Å²) < 4.78 is 21.5. The average molecular weight is 566 g/mol. The van der Waals surface area contributed by atoms with Crippen molar-refractivity contribution >= 4 is 24.1 Å². The van der Waals surface area contributed by atoms with Gasteiger partial charge in [0.05, 0.1) is 0 Å². The van der Waals surface area contributed by atoms with E-state index in [4.69, 9.17) is 24.7 Å². The molecule has 40 heavy (non-hydrogen) atoms. The van der Waals surface area contributed by atoms with Gasteiger partial charge in [-0.2, -0.15) is 0 Å². The number of hydrogen-bond acceptors (Lipinski definition) is 9. The van der Waals surface area contributed by atoms with Gasteiger partial charge in [-0.05, 0) is 50.3 Å². The smallest absolute Gasteiger partial charge is 0.480 e. The fourth-order valence-corrected chi connectivity index (χ4v) is 3.85. The van der Waals surface area contributed by atoms with Gasteiger partial charge < -0.3 is 29.8 Å². The number of carbonyl (C=O) groups is 4. The number of carboxylic acid groups (broad SMARTS) is 1. The number of hydrogen-bond donors (Lipinski definition) is 2. The van der Waals surface area contributed by atoms with Crippen LogP contribution < -0.4 is 15.2 Å². The van der Waals surface area contributed by atoms with Gasteiger partial charge in [0.2, 0.25) is 0 Å². The van der Waals surface area contributed by atoms with Crippen molar-refractivity contribution in [3.05, 3.63) is 23.8 Å². The van der Waals surface area contributed by atoms with Gasteiger partial charge in [0.25, 0.3) is 0 Å². The molecule has 0 radical (unpaired) electrons. The molecule has 0 aromatic heterocycles.